The summed E-state index contributed by atoms with van der Waals surface area (Å²) in [5.41, 5.74) is 4.52. The van der Waals surface area contributed by atoms with Crippen molar-refractivity contribution in [3.8, 4) is 34.1 Å². The zero-order valence-corrected chi connectivity index (χ0v) is 17.1. The Hall–Kier alpha value is -3.09. The van der Waals surface area contributed by atoms with Gasteiger partial charge in [-0.1, -0.05) is 0 Å². The highest BCUT2D eigenvalue weighted by Crippen LogP contribution is 2.53. The van der Waals surface area contributed by atoms with Gasteiger partial charge < -0.3 is 29.0 Å². The highest BCUT2D eigenvalue weighted by atomic mass is 16.6. The van der Waals surface area contributed by atoms with Gasteiger partial charge in [-0.15, -0.1) is 0 Å². The molecule has 0 saturated carbocycles. The summed E-state index contributed by atoms with van der Waals surface area (Å²) in [6, 6.07) is 5.43. The lowest BCUT2D eigenvalue weighted by Crippen LogP contribution is -2.42. The maximum Gasteiger partial charge on any atom is 0.410 e. The van der Waals surface area contributed by atoms with Gasteiger partial charge in [0.15, 0.2) is 23.0 Å². The molecule has 0 spiro atoms. The zero-order valence-electron chi connectivity index (χ0n) is 17.1. The number of nitrogens with zero attached hydrogens (tertiary/aromatic N) is 1. The van der Waals surface area contributed by atoms with Crippen LogP contribution in [0.1, 0.15) is 29.7 Å². The number of phenolic OH excluding ortho intramolecular Hbond substituents is 1. The number of hydrogen-bond acceptors (Lipinski definition) is 6. The number of benzene rings is 2. The third kappa shape index (κ3) is 2.92. The Morgan fingerprint density at radius 2 is 1.72 bits per heavy atom. The average molecular weight is 399 g/mol. The molecule has 2 aromatic carbocycles. The van der Waals surface area contributed by atoms with Gasteiger partial charge in [0.25, 0.3) is 0 Å². The summed E-state index contributed by atoms with van der Waals surface area (Å²) in [4.78, 5) is 14.4. The van der Waals surface area contributed by atoms with E-state index in [0.717, 1.165) is 22.3 Å². The molecule has 2 aromatic rings. The minimum absolute atomic E-state index is 0.0649. The van der Waals surface area contributed by atoms with E-state index < -0.39 is 0 Å². The summed E-state index contributed by atoms with van der Waals surface area (Å²) in [7, 11) is 4.71. The Bertz CT molecular complexity index is 971. The fourth-order valence-electron chi connectivity index (χ4n) is 4.45. The lowest BCUT2D eigenvalue weighted by Gasteiger charge is -2.41. The molecule has 1 heterocycles. The van der Waals surface area contributed by atoms with Crippen molar-refractivity contribution >= 4 is 6.09 Å². The molecule has 0 fully saturated rings. The summed E-state index contributed by atoms with van der Waals surface area (Å²) in [6.07, 6.45) is 0.922. The first kappa shape index (κ1) is 19.2. The number of methoxy groups -OCH3 is 3. The van der Waals surface area contributed by atoms with E-state index in [0.29, 0.717) is 48.8 Å². The summed E-state index contributed by atoms with van der Waals surface area (Å²) in [6.45, 7) is 2.66. The molecule has 1 aliphatic carbocycles. The van der Waals surface area contributed by atoms with E-state index in [1.165, 1.54) is 7.11 Å². The van der Waals surface area contributed by atoms with Gasteiger partial charge >= 0.3 is 6.09 Å². The SMILES string of the molecule is CCOC(=O)N1CCc2cc(OC)c(O)c3c2[C@@H]1Cc1cc(OC)c(OC)cc1-3. The van der Waals surface area contributed by atoms with Gasteiger partial charge in [-0.25, -0.2) is 4.79 Å². The van der Waals surface area contributed by atoms with Crippen LogP contribution in [0.5, 0.6) is 23.0 Å². The van der Waals surface area contributed by atoms with Gasteiger partial charge in [-0.2, -0.15) is 0 Å². The van der Waals surface area contributed by atoms with Crippen molar-refractivity contribution in [2.75, 3.05) is 34.5 Å². The van der Waals surface area contributed by atoms with Crippen LogP contribution in [0.4, 0.5) is 4.79 Å². The van der Waals surface area contributed by atoms with E-state index in [9.17, 15) is 9.90 Å². The predicted octanol–water partition coefficient (Wildman–Crippen LogP) is 3.70. The van der Waals surface area contributed by atoms with Crippen molar-refractivity contribution < 1.29 is 28.8 Å². The Morgan fingerprint density at radius 1 is 1.07 bits per heavy atom. The average Bonchev–Trinajstić information content (AvgIpc) is 2.74. The van der Waals surface area contributed by atoms with Crippen molar-refractivity contribution in [2.45, 2.75) is 25.8 Å². The monoisotopic (exact) mass is 399 g/mol. The largest absolute Gasteiger partial charge is 0.504 e. The molecule has 0 radical (unpaired) electrons. The first-order valence-corrected chi connectivity index (χ1v) is 9.65. The van der Waals surface area contributed by atoms with Crippen LogP contribution >= 0.6 is 0 Å². The highest BCUT2D eigenvalue weighted by Gasteiger charge is 2.40. The maximum atomic E-state index is 12.6. The number of rotatable bonds is 4. The zero-order chi connectivity index (χ0) is 20.7. The van der Waals surface area contributed by atoms with Crippen LogP contribution in [0.25, 0.3) is 11.1 Å². The molecule has 7 heteroatoms. The minimum Gasteiger partial charge on any atom is -0.504 e. The Labute approximate surface area is 169 Å². The molecule has 1 atom stereocenters. The molecule has 1 amide bonds. The van der Waals surface area contributed by atoms with Gasteiger partial charge in [0.2, 0.25) is 0 Å². The molecule has 7 nitrogen and oxygen atoms in total. The summed E-state index contributed by atoms with van der Waals surface area (Å²) < 4.78 is 21.7. The van der Waals surface area contributed by atoms with Crippen LogP contribution in [0.3, 0.4) is 0 Å². The van der Waals surface area contributed by atoms with Crippen molar-refractivity contribution in [3.05, 3.63) is 34.9 Å². The van der Waals surface area contributed by atoms with Crippen molar-refractivity contribution in [1.29, 1.82) is 0 Å². The molecule has 154 valence electrons. The molecule has 0 aromatic heterocycles. The number of amides is 1. The van der Waals surface area contributed by atoms with E-state index in [4.69, 9.17) is 18.9 Å². The van der Waals surface area contributed by atoms with Crippen LogP contribution in [-0.2, 0) is 17.6 Å². The Balaban J connectivity index is 1.97. The summed E-state index contributed by atoms with van der Waals surface area (Å²) in [5, 5.41) is 11.0. The number of fused-ring (bicyclic) bond motifs is 2. The van der Waals surface area contributed by atoms with E-state index >= 15 is 0 Å². The summed E-state index contributed by atoms with van der Waals surface area (Å²) >= 11 is 0. The molecular formula is C22H25NO6. The van der Waals surface area contributed by atoms with Crippen LogP contribution in [0.15, 0.2) is 18.2 Å². The third-order valence-corrected chi connectivity index (χ3v) is 5.74. The van der Waals surface area contributed by atoms with Crippen molar-refractivity contribution in [2.24, 2.45) is 0 Å². The molecule has 2 aliphatic rings. The molecule has 0 bridgehead atoms. The van der Waals surface area contributed by atoms with Gasteiger partial charge in [-0.3, -0.25) is 0 Å². The molecule has 0 saturated heterocycles. The molecule has 0 unspecified atom stereocenters. The smallest absolute Gasteiger partial charge is 0.410 e. The molecule has 1 N–H and O–H groups in total. The molecule has 4 rings (SSSR count). The van der Waals surface area contributed by atoms with E-state index in [1.807, 2.05) is 18.2 Å². The third-order valence-electron chi connectivity index (χ3n) is 5.74. The van der Waals surface area contributed by atoms with Gasteiger partial charge in [-0.05, 0) is 60.2 Å². The fourth-order valence-corrected chi connectivity index (χ4v) is 4.45. The molecule has 1 aliphatic heterocycles. The minimum atomic E-state index is -0.340. The first-order valence-electron chi connectivity index (χ1n) is 9.65. The Morgan fingerprint density at radius 3 is 2.38 bits per heavy atom. The number of phenols is 1. The van der Waals surface area contributed by atoms with Crippen LogP contribution in [-0.4, -0.2) is 50.6 Å². The van der Waals surface area contributed by atoms with Gasteiger partial charge in [0.05, 0.1) is 34.0 Å². The van der Waals surface area contributed by atoms with E-state index in [-0.39, 0.29) is 17.9 Å². The molecule has 29 heavy (non-hydrogen) atoms. The predicted molar refractivity (Wildman–Crippen MR) is 107 cm³/mol. The fraction of sp³-hybridized carbons (Fsp3) is 0.409. The number of ether oxygens (including phenoxy) is 4. The maximum absolute atomic E-state index is 12.6. The normalized spacial score (nSPS) is 16.6. The van der Waals surface area contributed by atoms with Crippen molar-refractivity contribution in [3.63, 3.8) is 0 Å². The Kier molecular flexibility index (Phi) is 4.90. The number of hydrogen-bond donors (Lipinski definition) is 1. The van der Waals surface area contributed by atoms with Gasteiger partial charge in [0.1, 0.15) is 0 Å². The van der Waals surface area contributed by atoms with Crippen LogP contribution in [0.2, 0.25) is 0 Å². The second kappa shape index (κ2) is 7.39. The topological polar surface area (TPSA) is 77.5 Å². The highest BCUT2D eigenvalue weighted by molar-refractivity contribution is 5.85. The first-order chi connectivity index (χ1) is 14.0. The number of carbonyl (C=O) groups is 1. The van der Waals surface area contributed by atoms with Crippen LogP contribution < -0.4 is 14.2 Å². The second-order valence-electron chi connectivity index (χ2n) is 7.10. The van der Waals surface area contributed by atoms with Crippen molar-refractivity contribution in [1.82, 2.24) is 4.90 Å². The quantitative estimate of drug-likeness (QED) is 0.845. The molecular weight excluding hydrogens is 374 g/mol. The van der Waals surface area contributed by atoms with Gasteiger partial charge in [0, 0.05) is 12.1 Å². The standard InChI is InChI=1S/C22H25NO6/c1-5-29-22(25)23-7-6-12-9-18(28-4)21(24)20-14-11-17(27-3)16(26-2)10-13(14)8-15(23)19(12)20/h9-11,15,24H,5-8H2,1-4H3/t15-/m0/s1. The lowest BCUT2D eigenvalue weighted by atomic mass is 9.76. The van der Waals surface area contributed by atoms with Crippen LogP contribution in [0, 0.1) is 0 Å². The lowest BCUT2D eigenvalue weighted by molar-refractivity contribution is 0.0861. The summed E-state index contributed by atoms with van der Waals surface area (Å²) in [5.74, 6) is 1.68. The number of aromatic hydroxyl groups is 1. The van der Waals surface area contributed by atoms with E-state index in [1.54, 1.807) is 26.0 Å². The second-order valence-corrected chi connectivity index (χ2v) is 7.10. The van der Waals surface area contributed by atoms with E-state index in [2.05, 4.69) is 0 Å². The number of carbonyl (C=O) groups excluding carboxylic acids is 1.